The van der Waals surface area contributed by atoms with Crippen molar-refractivity contribution in [3.05, 3.63) is 53.4 Å². The molecule has 0 bridgehead atoms. The van der Waals surface area contributed by atoms with Crippen LogP contribution in [0.15, 0.2) is 41.3 Å². The lowest BCUT2D eigenvalue weighted by Crippen LogP contribution is -2.05. The average Bonchev–Trinajstić information content (AvgIpc) is 2.98. The summed E-state index contributed by atoms with van der Waals surface area (Å²) in [6.45, 7) is 2.22. The molecule has 1 aliphatic heterocycles. The third-order valence-electron chi connectivity index (χ3n) is 4.08. The number of hydrogen-bond acceptors (Lipinski definition) is 6. The van der Waals surface area contributed by atoms with Crippen LogP contribution in [-0.2, 0) is 9.84 Å². The van der Waals surface area contributed by atoms with Crippen molar-refractivity contribution in [1.82, 2.24) is 0 Å². The fourth-order valence-electron chi connectivity index (χ4n) is 2.67. The van der Waals surface area contributed by atoms with Gasteiger partial charge in [0, 0.05) is 6.07 Å². The molecule has 0 saturated heterocycles. The van der Waals surface area contributed by atoms with Crippen molar-refractivity contribution in [2.24, 2.45) is 0 Å². The smallest absolute Gasteiger partial charge is 0.217 e. The maximum Gasteiger partial charge on any atom is 0.217 e. The predicted molar refractivity (Wildman–Crippen MR) is 101 cm³/mol. The lowest BCUT2D eigenvalue weighted by molar-refractivity contribution is 0.104. The second-order valence-corrected chi connectivity index (χ2v) is 8.02. The highest BCUT2D eigenvalue weighted by molar-refractivity contribution is 7.91. The van der Waals surface area contributed by atoms with E-state index in [4.69, 9.17) is 14.2 Å². The van der Waals surface area contributed by atoms with Gasteiger partial charge in [0.05, 0.1) is 19.3 Å². The zero-order chi connectivity index (χ0) is 20.3. The van der Waals surface area contributed by atoms with Crippen molar-refractivity contribution in [3.8, 4) is 17.2 Å². The molecule has 1 aliphatic rings. The Morgan fingerprint density at radius 1 is 1.25 bits per heavy atom. The number of ketones is 1. The molecular formula is C20H19FO6S. The monoisotopic (exact) mass is 406 g/mol. The zero-order valence-electron chi connectivity index (χ0n) is 15.4. The van der Waals surface area contributed by atoms with Gasteiger partial charge in [-0.15, -0.1) is 0 Å². The summed E-state index contributed by atoms with van der Waals surface area (Å²) in [5.41, 5.74) is 0.650. The normalized spacial score (nSPS) is 14.5. The molecule has 0 aromatic heterocycles. The van der Waals surface area contributed by atoms with Gasteiger partial charge in [0.15, 0.2) is 23.3 Å². The number of rotatable bonds is 7. The Bertz CT molecular complexity index is 1040. The number of hydrogen-bond donors (Lipinski definition) is 0. The lowest BCUT2D eigenvalue weighted by atomic mass is 10.1. The van der Waals surface area contributed by atoms with Crippen LogP contribution < -0.4 is 14.2 Å². The molecule has 8 heteroatoms. The number of fused-ring (bicyclic) bond motifs is 1. The molecule has 0 amide bonds. The first-order chi connectivity index (χ1) is 13.4. The van der Waals surface area contributed by atoms with Crippen molar-refractivity contribution >= 4 is 21.7 Å². The van der Waals surface area contributed by atoms with Crippen LogP contribution in [-0.4, -0.2) is 33.9 Å². The molecule has 28 heavy (non-hydrogen) atoms. The zero-order valence-corrected chi connectivity index (χ0v) is 16.2. The van der Waals surface area contributed by atoms with Crippen molar-refractivity contribution < 1.29 is 31.8 Å². The Kier molecular flexibility index (Phi) is 5.69. The van der Waals surface area contributed by atoms with Crippen LogP contribution in [0, 0.1) is 5.82 Å². The number of halogens is 1. The predicted octanol–water partition coefficient (Wildman–Crippen LogP) is 3.64. The van der Waals surface area contributed by atoms with Crippen molar-refractivity contribution in [3.63, 3.8) is 0 Å². The summed E-state index contributed by atoms with van der Waals surface area (Å²) < 4.78 is 53.5. The number of methoxy groups -OCH3 is 1. The summed E-state index contributed by atoms with van der Waals surface area (Å²) in [5.74, 6) is -1.02. The van der Waals surface area contributed by atoms with Crippen LogP contribution in [0.2, 0.25) is 0 Å². The first-order valence-electron chi connectivity index (χ1n) is 8.58. The average molecular weight is 406 g/mol. The molecule has 0 atom stereocenters. The molecule has 0 aliphatic carbocycles. The highest BCUT2D eigenvalue weighted by atomic mass is 32.2. The van der Waals surface area contributed by atoms with E-state index in [1.54, 1.807) is 6.07 Å². The maximum atomic E-state index is 13.8. The topological polar surface area (TPSA) is 78.9 Å². The number of allylic oxidation sites excluding steroid dienone is 1. The van der Waals surface area contributed by atoms with Gasteiger partial charge in [-0.1, -0.05) is 19.1 Å². The van der Waals surface area contributed by atoms with Crippen LogP contribution in [0.1, 0.15) is 29.3 Å². The van der Waals surface area contributed by atoms with Crippen LogP contribution >= 0.6 is 0 Å². The Morgan fingerprint density at radius 2 is 2.04 bits per heavy atom. The van der Waals surface area contributed by atoms with Crippen molar-refractivity contribution in [2.75, 3.05) is 19.7 Å². The van der Waals surface area contributed by atoms with Crippen LogP contribution in [0.25, 0.3) is 6.08 Å². The Labute approximate surface area is 162 Å². The van der Waals surface area contributed by atoms with E-state index in [9.17, 15) is 17.6 Å². The minimum absolute atomic E-state index is 0.0105. The van der Waals surface area contributed by atoms with E-state index in [0.717, 1.165) is 0 Å². The summed E-state index contributed by atoms with van der Waals surface area (Å²) >= 11 is 0. The summed E-state index contributed by atoms with van der Waals surface area (Å²) in [6, 6.07) is 7.00. The molecule has 0 unspecified atom stereocenters. The van der Waals surface area contributed by atoms with Crippen molar-refractivity contribution in [1.29, 1.82) is 0 Å². The number of carbonyl (C=O) groups excluding carboxylic acids is 1. The highest BCUT2D eigenvalue weighted by Crippen LogP contribution is 2.37. The fraction of sp³-hybridized carbons (Fsp3) is 0.250. The maximum absolute atomic E-state index is 13.8. The SMILES string of the molecule is CCCOc1cc2c(cc1C(=O)/C=C/c1ccc(OC)c(F)c1)OCS2(=O)=O. The van der Waals surface area contributed by atoms with E-state index in [2.05, 4.69) is 0 Å². The number of benzene rings is 2. The molecular weight excluding hydrogens is 387 g/mol. The first kappa shape index (κ1) is 19.9. The summed E-state index contributed by atoms with van der Waals surface area (Å²) in [5, 5.41) is 0. The van der Waals surface area contributed by atoms with Crippen LogP contribution in [0.4, 0.5) is 4.39 Å². The highest BCUT2D eigenvalue weighted by Gasteiger charge is 2.31. The third kappa shape index (κ3) is 4.01. The van der Waals surface area contributed by atoms with Gasteiger partial charge in [-0.25, -0.2) is 12.8 Å². The van der Waals surface area contributed by atoms with Gasteiger partial charge in [-0.3, -0.25) is 4.79 Å². The summed E-state index contributed by atoms with van der Waals surface area (Å²) in [6.07, 6.45) is 3.42. The molecule has 0 radical (unpaired) electrons. The van der Waals surface area contributed by atoms with Gasteiger partial charge in [-0.2, -0.15) is 0 Å². The van der Waals surface area contributed by atoms with Gasteiger partial charge in [0.1, 0.15) is 16.4 Å². The molecule has 2 aromatic carbocycles. The minimum atomic E-state index is -3.55. The van der Waals surface area contributed by atoms with E-state index >= 15 is 0 Å². The largest absolute Gasteiger partial charge is 0.494 e. The molecule has 0 N–H and O–H groups in total. The molecule has 0 saturated carbocycles. The fourth-order valence-corrected chi connectivity index (χ4v) is 3.79. The minimum Gasteiger partial charge on any atom is -0.494 e. The van der Waals surface area contributed by atoms with Gasteiger partial charge >= 0.3 is 0 Å². The standard InChI is InChI=1S/C20H19FO6S/c1-3-8-26-18-11-20-19(27-12-28(20,23)24)10-14(18)16(22)6-4-13-5-7-17(25-2)15(21)9-13/h4-7,9-11H,3,8,12H2,1-2H3/b6-4+. The molecule has 0 fully saturated rings. The Morgan fingerprint density at radius 3 is 2.71 bits per heavy atom. The van der Waals surface area contributed by atoms with Gasteiger partial charge < -0.3 is 14.2 Å². The number of carbonyl (C=O) groups is 1. The third-order valence-corrected chi connectivity index (χ3v) is 5.50. The van der Waals surface area contributed by atoms with E-state index in [1.165, 1.54) is 43.5 Å². The van der Waals surface area contributed by atoms with Crippen LogP contribution in [0.3, 0.4) is 0 Å². The van der Waals surface area contributed by atoms with Gasteiger partial charge in [-0.05, 0) is 36.3 Å². The van der Waals surface area contributed by atoms with E-state index in [1.807, 2.05) is 6.92 Å². The second-order valence-electron chi connectivity index (χ2n) is 6.11. The lowest BCUT2D eigenvalue weighted by Gasteiger charge is -2.10. The Balaban J connectivity index is 1.93. The van der Waals surface area contributed by atoms with Crippen LogP contribution in [0.5, 0.6) is 17.2 Å². The van der Waals surface area contributed by atoms with Gasteiger partial charge in [0.25, 0.3) is 0 Å². The van der Waals surface area contributed by atoms with E-state index in [-0.39, 0.29) is 27.7 Å². The first-order valence-corrected chi connectivity index (χ1v) is 10.2. The van der Waals surface area contributed by atoms with E-state index < -0.39 is 27.4 Å². The number of ether oxygens (including phenoxy) is 3. The Hall–Kier alpha value is -2.87. The summed E-state index contributed by atoms with van der Waals surface area (Å²) in [4.78, 5) is 12.7. The molecule has 0 spiro atoms. The molecule has 1 heterocycles. The number of sulfone groups is 1. The molecule has 148 valence electrons. The molecule has 3 rings (SSSR count). The van der Waals surface area contributed by atoms with Crippen molar-refractivity contribution in [2.45, 2.75) is 18.2 Å². The van der Waals surface area contributed by atoms with Gasteiger partial charge in [0.2, 0.25) is 9.84 Å². The summed E-state index contributed by atoms with van der Waals surface area (Å²) in [7, 11) is -2.18. The van der Waals surface area contributed by atoms with E-state index in [0.29, 0.717) is 18.6 Å². The molecule has 6 nitrogen and oxygen atoms in total. The second kappa shape index (κ2) is 8.02. The molecule has 2 aromatic rings. The quantitative estimate of drug-likeness (QED) is 0.516.